The highest BCUT2D eigenvalue weighted by Crippen LogP contribution is 2.43. The zero-order valence-electron chi connectivity index (χ0n) is 16.9. The van der Waals surface area contributed by atoms with Gasteiger partial charge in [0.1, 0.15) is 11.6 Å². The second-order valence-corrected chi connectivity index (χ2v) is 7.30. The molecule has 8 nitrogen and oxygen atoms in total. The molecule has 4 rings (SSSR count). The number of hydrogen-bond acceptors (Lipinski definition) is 5. The van der Waals surface area contributed by atoms with Crippen LogP contribution in [-0.2, 0) is 4.79 Å². The molecule has 11 heteroatoms. The summed E-state index contributed by atoms with van der Waals surface area (Å²) >= 11 is 0. The SMILES string of the molecule is CCC(=O)Nc1cccc(NC(=O)c2cc3n(n2)C(C(F)(F)F)CC(c2ccco2)N3)c1. The van der Waals surface area contributed by atoms with E-state index in [9.17, 15) is 22.8 Å². The van der Waals surface area contributed by atoms with Crippen LogP contribution in [-0.4, -0.2) is 27.8 Å². The lowest BCUT2D eigenvalue weighted by Gasteiger charge is -2.32. The predicted octanol–water partition coefficient (Wildman–Crippen LogP) is 4.74. The minimum absolute atomic E-state index is 0.0640. The smallest absolute Gasteiger partial charge is 0.410 e. The van der Waals surface area contributed by atoms with E-state index in [0.29, 0.717) is 23.6 Å². The van der Waals surface area contributed by atoms with Gasteiger partial charge in [0.05, 0.1) is 12.3 Å². The quantitative estimate of drug-likeness (QED) is 0.525. The standard InChI is InChI=1S/C21H20F3N5O3/c1-2-19(30)25-12-5-3-6-13(9-12)26-20(31)15-11-18-27-14(16-7-4-8-32-16)10-17(21(22,23)24)29(18)28-15/h3-9,11,14,17,27H,2,10H2,1H3,(H,25,30)(H,26,31). The molecule has 0 spiro atoms. The summed E-state index contributed by atoms with van der Waals surface area (Å²) in [7, 11) is 0. The van der Waals surface area contributed by atoms with Crippen LogP contribution in [0.3, 0.4) is 0 Å². The number of fused-ring (bicyclic) bond motifs is 1. The third kappa shape index (κ3) is 4.46. The summed E-state index contributed by atoms with van der Waals surface area (Å²) in [5, 5.41) is 12.1. The van der Waals surface area contributed by atoms with Crippen LogP contribution >= 0.6 is 0 Å². The number of carbonyl (C=O) groups is 2. The third-order valence-electron chi connectivity index (χ3n) is 5.03. The minimum atomic E-state index is -4.56. The van der Waals surface area contributed by atoms with Crippen LogP contribution in [0.1, 0.15) is 48.1 Å². The number of nitrogens with zero attached hydrogens (tertiary/aromatic N) is 2. The average molecular weight is 447 g/mol. The van der Waals surface area contributed by atoms with Crippen LogP contribution in [0.15, 0.2) is 53.1 Å². The van der Waals surface area contributed by atoms with Gasteiger partial charge in [-0.1, -0.05) is 13.0 Å². The van der Waals surface area contributed by atoms with Gasteiger partial charge in [0.2, 0.25) is 5.91 Å². The Morgan fingerprint density at radius 3 is 2.59 bits per heavy atom. The average Bonchev–Trinajstić information content (AvgIpc) is 3.42. The van der Waals surface area contributed by atoms with Crippen molar-refractivity contribution in [3.05, 3.63) is 60.2 Å². The molecule has 3 aromatic rings. The first-order chi connectivity index (χ1) is 15.2. The molecule has 0 bridgehead atoms. The van der Waals surface area contributed by atoms with Gasteiger partial charge in [-0.3, -0.25) is 9.59 Å². The van der Waals surface area contributed by atoms with Crippen molar-refractivity contribution in [2.24, 2.45) is 0 Å². The van der Waals surface area contributed by atoms with Gasteiger partial charge in [-0.2, -0.15) is 18.3 Å². The van der Waals surface area contributed by atoms with Crippen molar-refractivity contribution in [1.82, 2.24) is 9.78 Å². The number of alkyl halides is 3. The summed E-state index contributed by atoms with van der Waals surface area (Å²) in [5.41, 5.74) is 0.674. The molecule has 1 aliphatic heterocycles. The van der Waals surface area contributed by atoms with Gasteiger partial charge < -0.3 is 20.4 Å². The van der Waals surface area contributed by atoms with E-state index in [1.807, 2.05) is 0 Å². The molecule has 0 aliphatic carbocycles. The van der Waals surface area contributed by atoms with Crippen molar-refractivity contribution in [3.8, 4) is 0 Å². The number of anilines is 3. The second-order valence-electron chi connectivity index (χ2n) is 7.30. The van der Waals surface area contributed by atoms with Crippen molar-refractivity contribution in [2.45, 2.75) is 38.0 Å². The van der Waals surface area contributed by atoms with Gasteiger partial charge in [0.15, 0.2) is 11.7 Å². The van der Waals surface area contributed by atoms with Crippen LogP contribution in [0.2, 0.25) is 0 Å². The molecule has 32 heavy (non-hydrogen) atoms. The van der Waals surface area contributed by atoms with E-state index in [1.165, 1.54) is 12.3 Å². The molecule has 3 N–H and O–H groups in total. The molecular weight excluding hydrogens is 427 g/mol. The number of benzene rings is 1. The molecule has 0 saturated heterocycles. The first-order valence-corrected chi connectivity index (χ1v) is 9.92. The molecule has 2 amide bonds. The van der Waals surface area contributed by atoms with E-state index in [0.717, 1.165) is 4.68 Å². The maximum atomic E-state index is 13.7. The molecule has 0 radical (unpaired) electrons. The van der Waals surface area contributed by atoms with Gasteiger partial charge in [-0.15, -0.1) is 0 Å². The Balaban J connectivity index is 1.57. The molecule has 1 aliphatic rings. The van der Waals surface area contributed by atoms with Gasteiger partial charge in [0.25, 0.3) is 5.91 Å². The van der Waals surface area contributed by atoms with Gasteiger partial charge >= 0.3 is 6.18 Å². The number of rotatable bonds is 5. The van der Waals surface area contributed by atoms with Crippen LogP contribution < -0.4 is 16.0 Å². The lowest BCUT2D eigenvalue weighted by molar-refractivity contribution is -0.174. The van der Waals surface area contributed by atoms with Crippen molar-refractivity contribution < 1.29 is 27.2 Å². The monoisotopic (exact) mass is 447 g/mol. The van der Waals surface area contributed by atoms with E-state index >= 15 is 0 Å². The van der Waals surface area contributed by atoms with Gasteiger partial charge in [0, 0.05) is 30.3 Å². The van der Waals surface area contributed by atoms with Gasteiger partial charge in [-0.25, -0.2) is 4.68 Å². The summed E-state index contributed by atoms with van der Waals surface area (Å²) in [6, 6.07) is 8.27. The maximum Gasteiger partial charge on any atom is 0.410 e. The number of carbonyl (C=O) groups excluding carboxylic acids is 2. The molecule has 0 fully saturated rings. The summed E-state index contributed by atoms with van der Waals surface area (Å²) < 4.78 is 47.2. The topological polar surface area (TPSA) is 101 Å². The van der Waals surface area contributed by atoms with Crippen molar-refractivity contribution in [1.29, 1.82) is 0 Å². The number of amides is 2. The summed E-state index contributed by atoms with van der Waals surface area (Å²) in [4.78, 5) is 24.2. The molecule has 3 heterocycles. The maximum absolute atomic E-state index is 13.7. The van der Waals surface area contributed by atoms with E-state index in [-0.39, 0.29) is 23.8 Å². The molecular formula is C21H20F3N5O3. The van der Waals surface area contributed by atoms with E-state index in [4.69, 9.17) is 4.42 Å². The molecule has 2 aromatic heterocycles. The Labute approximate surface area is 180 Å². The van der Waals surface area contributed by atoms with Crippen LogP contribution in [0.25, 0.3) is 0 Å². The van der Waals surface area contributed by atoms with E-state index < -0.39 is 24.2 Å². The summed E-state index contributed by atoms with van der Waals surface area (Å²) in [5.74, 6) is -0.438. The fraction of sp³-hybridized carbons (Fsp3) is 0.286. The number of nitrogens with one attached hydrogen (secondary N) is 3. The lowest BCUT2D eigenvalue weighted by atomic mass is 10.0. The molecule has 1 aromatic carbocycles. The molecule has 0 saturated carbocycles. The fourth-order valence-corrected chi connectivity index (χ4v) is 3.48. The van der Waals surface area contributed by atoms with E-state index in [2.05, 4.69) is 21.0 Å². The zero-order chi connectivity index (χ0) is 22.9. The fourth-order valence-electron chi connectivity index (χ4n) is 3.48. The highest BCUT2D eigenvalue weighted by molar-refractivity contribution is 6.03. The first kappa shape index (κ1) is 21.5. The molecule has 2 atom stereocenters. The summed E-state index contributed by atoms with van der Waals surface area (Å²) in [6.45, 7) is 1.71. The number of aromatic nitrogens is 2. The number of furan rings is 1. The van der Waals surface area contributed by atoms with Crippen LogP contribution in [0.4, 0.5) is 30.4 Å². The Hall–Kier alpha value is -3.76. The minimum Gasteiger partial charge on any atom is -0.467 e. The van der Waals surface area contributed by atoms with Crippen LogP contribution in [0.5, 0.6) is 0 Å². The Bertz CT molecular complexity index is 1120. The number of hydrogen-bond donors (Lipinski definition) is 3. The van der Waals surface area contributed by atoms with Crippen molar-refractivity contribution >= 4 is 29.0 Å². The Kier molecular flexibility index (Phi) is 5.64. The van der Waals surface area contributed by atoms with Crippen molar-refractivity contribution in [3.63, 3.8) is 0 Å². The lowest BCUT2D eigenvalue weighted by Crippen LogP contribution is -2.35. The third-order valence-corrected chi connectivity index (χ3v) is 5.03. The number of halogens is 3. The highest BCUT2D eigenvalue weighted by atomic mass is 19.4. The van der Waals surface area contributed by atoms with Crippen molar-refractivity contribution in [2.75, 3.05) is 16.0 Å². The van der Waals surface area contributed by atoms with Gasteiger partial charge in [-0.05, 0) is 30.3 Å². The highest BCUT2D eigenvalue weighted by Gasteiger charge is 2.47. The molecule has 2 unspecified atom stereocenters. The Morgan fingerprint density at radius 1 is 1.19 bits per heavy atom. The van der Waals surface area contributed by atoms with E-state index in [1.54, 1.807) is 43.3 Å². The normalized spacial score (nSPS) is 17.9. The Morgan fingerprint density at radius 2 is 1.94 bits per heavy atom. The second kappa shape index (κ2) is 8.40. The summed E-state index contributed by atoms with van der Waals surface area (Å²) in [6.07, 6.45) is -3.20. The largest absolute Gasteiger partial charge is 0.467 e. The zero-order valence-corrected chi connectivity index (χ0v) is 16.9. The van der Waals surface area contributed by atoms with Crippen LogP contribution in [0, 0.1) is 0 Å². The molecule has 168 valence electrons. The predicted molar refractivity (Wildman–Crippen MR) is 110 cm³/mol. The first-order valence-electron chi connectivity index (χ1n) is 9.92.